The van der Waals surface area contributed by atoms with Gasteiger partial charge in [-0.3, -0.25) is 0 Å². The third-order valence-electron chi connectivity index (χ3n) is 2.90. The molecule has 0 bridgehead atoms. The molecule has 0 saturated carbocycles. The van der Waals surface area contributed by atoms with E-state index in [4.69, 9.17) is 0 Å². The molecule has 0 aliphatic heterocycles. The predicted octanol–water partition coefficient (Wildman–Crippen LogP) is 2.89. The summed E-state index contributed by atoms with van der Waals surface area (Å²) in [6, 6.07) is 11.4. The summed E-state index contributed by atoms with van der Waals surface area (Å²) in [6.07, 6.45) is 5.45. The van der Waals surface area contributed by atoms with Gasteiger partial charge in [-0.15, -0.1) is 0 Å². The fourth-order valence-electron chi connectivity index (χ4n) is 1.83. The van der Waals surface area contributed by atoms with Gasteiger partial charge in [0.05, 0.1) is 6.54 Å². The Balaban J connectivity index is 2.16. The maximum absolute atomic E-state index is 2.45. The topological polar surface area (TPSA) is 16.6 Å². The van der Waals surface area contributed by atoms with Crippen molar-refractivity contribution < 1.29 is 5.32 Å². The Morgan fingerprint density at radius 3 is 2.47 bits per heavy atom. The second kappa shape index (κ2) is 7.47. The predicted molar refractivity (Wildman–Crippen MR) is 65.8 cm³/mol. The van der Waals surface area contributed by atoms with E-state index in [-0.39, 0.29) is 0 Å². The summed E-state index contributed by atoms with van der Waals surface area (Å²) < 4.78 is 0. The van der Waals surface area contributed by atoms with E-state index in [2.05, 4.69) is 49.5 Å². The van der Waals surface area contributed by atoms with E-state index < -0.39 is 0 Å². The zero-order chi connectivity index (χ0) is 10.9. The lowest BCUT2D eigenvalue weighted by molar-refractivity contribution is -0.693. The summed E-state index contributed by atoms with van der Waals surface area (Å²) in [6.45, 7) is 5.81. The number of nitrogens with two attached hydrogens (primary N) is 1. The Morgan fingerprint density at radius 1 is 1.07 bits per heavy atom. The second-order valence-electron chi connectivity index (χ2n) is 4.28. The Bertz CT molecular complexity index is 243. The molecule has 0 spiro atoms. The van der Waals surface area contributed by atoms with Gasteiger partial charge in [-0.1, -0.05) is 50.1 Å². The highest BCUT2D eigenvalue weighted by Gasteiger charge is 2.05. The maximum atomic E-state index is 2.45. The van der Waals surface area contributed by atoms with Crippen LogP contribution in [0.1, 0.15) is 51.1 Å². The minimum absolute atomic E-state index is 0.604. The van der Waals surface area contributed by atoms with Gasteiger partial charge in [0.25, 0.3) is 0 Å². The molecule has 0 saturated heterocycles. The van der Waals surface area contributed by atoms with Crippen molar-refractivity contribution >= 4 is 0 Å². The second-order valence-corrected chi connectivity index (χ2v) is 4.28. The van der Waals surface area contributed by atoms with E-state index in [0.29, 0.717) is 6.04 Å². The molecule has 2 N–H and O–H groups in total. The van der Waals surface area contributed by atoms with Crippen molar-refractivity contribution in [3.63, 3.8) is 0 Å². The number of unbranched alkanes of at least 4 members (excludes halogenated alkanes) is 3. The lowest BCUT2D eigenvalue weighted by Crippen LogP contribution is -2.84. The molecule has 0 heterocycles. The van der Waals surface area contributed by atoms with E-state index in [1.54, 1.807) is 0 Å². The third kappa shape index (κ3) is 4.98. The van der Waals surface area contributed by atoms with Crippen LogP contribution < -0.4 is 5.32 Å². The van der Waals surface area contributed by atoms with Crippen LogP contribution in [0.2, 0.25) is 0 Å². The molecule has 0 unspecified atom stereocenters. The minimum atomic E-state index is 0.604. The number of rotatable bonds is 7. The lowest BCUT2D eigenvalue weighted by Gasteiger charge is -2.10. The molecule has 1 heteroatoms. The van der Waals surface area contributed by atoms with Crippen molar-refractivity contribution in [3.05, 3.63) is 35.9 Å². The summed E-state index contributed by atoms with van der Waals surface area (Å²) in [5.41, 5.74) is 1.44. The highest BCUT2D eigenvalue weighted by molar-refractivity contribution is 5.16. The van der Waals surface area contributed by atoms with Crippen LogP contribution in [0.5, 0.6) is 0 Å². The first kappa shape index (κ1) is 12.3. The first-order valence-electron chi connectivity index (χ1n) is 6.23. The molecule has 1 atom stereocenters. The van der Waals surface area contributed by atoms with E-state index in [1.807, 2.05) is 0 Å². The quantitative estimate of drug-likeness (QED) is 0.661. The molecular weight excluding hydrogens is 182 g/mol. The van der Waals surface area contributed by atoms with Crippen LogP contribution in [0, 0.1) is 0 Å². The summed E-state index contributed by atoms with van der Waals surface area (Å²) in [5.74, 6) is 0. The first-order valence-corrected chi connectivity index (χ1v) is 6.23. The minimum Gasteiger partial charge on any atom is -0.340 e. The molecular formula is C14H24N+. The SMILES string of the molecule is CCCCCC[NH2+][C@H](C)c1ccccc1. The van der Waals surface area contributed by atoms with Gasteiger partial charge in [0.1, 0.15) is 6.04 Å². The summed E-state index contributed by atoms with van der Waals surface area (Å²) in [4.78, 5) is 0. The molecule has 15 heavy (non-hydrogen) atoms. The molecule has 0 radical (unpaired) electrons. The van der Waals surface area contributed by atoms with E-state index in [1.165, 1.54) is 37.8 Å². The molecule has 0 aliphatic rings. The highest BCUT2D eigenvalue weighted by atomic mass is 14.9. The van der Waals surface area contributed by atoms with Gasteiger partial charge >= 0.3 is 0 Å². The first-order chi connectivity index (χ1) is 7.34. The average Bonchev–Trinajstić information content (AvgIpc) is 2.30. The van der Waals surface area contributed by atoms with Gasteiger partial charge in [0.15, 0.2) is 0 Å². The normalized spacial score (nSPS) is 12.7. The monoisotopic (exact) mass is 206 g/mol. The van der Waals surface area contributed by atoms with Crippen molar-refractivity contribution in [1.29, 1.82) is 0 Å². The molecule has 1 aromatic carbocycles. The van der Waals surface area contributed by atoms with Crippen molar-refractivity contribution in [3.8, 4) is 0 Å². The van der Waals surface area contributed by atoms with Crippen LogP contribution in [-0.4, -0.2) is 6.54 Å². The van der Waals surface area contributed by atoms with Crippen LogP contribution in [0.15, 0.2) is 30.3 Å². The van der Waals surface area contributed by atoms with Gasteiger partial charge in [-0.05, 0) is 19.8 Å². The fourth-order valence-corrected chi connectivity index (χ4v) is 1.83. The summed E-state index contributed by atoms with van der Waals surface area (Å²) in [7, 11) is 0. The Morgan fingerprint density at radius 2 is 1.80 bits per heavy atom. The van der Waals surface area contributed by atoms with E-state index in [0.717, 1.165) is 0 Å². The average molecular weight is 206 g/mol. The van der Waals surface area contributed by atoms with Crippen LogP contribution in [0.3, 0.4) is 0 Å². The molecule has 1 aromatic rings. The third-order valence-corrected chi connectivity index (χ3v) is 2.90. The van der Waals surface area contributed by atoms with Crippen molar-refractivity contribution in [1.82, 2.24) is 0 Å². The Hall–Kier alpha value is -0.820. The number of quaternary nitrogens is 1. The highest BCUT2D eigenvalue weighted by Crippen LogP contribution is 2.06. The number of benzene rings is 1. The van der Waals surface area contributed by atoms with Crippen molar-refractivity contribution in [2.24, 2.45) is 0 Å². The fraction of sp³-hybridized carbons (Fsp3) is 0.571. The van der Waals surface area contributed by atoms with E-state index >= 15 is 0 Å². The molecule has 1 rings (SSSR count). The maximum Gasteiger partial charge on any atom is 0.109 e. The molecule has 1 nitrogen and oxygen atoms in total. The van der Waals surface area contributed by atoms with Gasteiger partial charge in [0, 0.05) is 5.56 Å². The Labute approximate surface area is 93.9 Å². The molecule has 0 fully saturated rings. The molecule has 0 aromatic heterocycles. The van der Waals surface area contributed by atoms with Crippen molar-refractivity contribution in [2.45, 2.75) is 45.6 Å². The molecule has 0 amide bonds. The molecule has 0 aliphatic carbocycles. The van der Waals surface area contributed by atoms with Crippen LogP contribution in [-0.2, 0) is 0 Å². The largest absolute Gasteiger partial charge is 0.340 e. The van der Waals surface area contributed by atoms with Crippen molar-refractivity contribution in [2.75, 3.05) is 6.54 Å². The summed E-state index contributed by atoms with van der Waals surface area (Å²) in [5, 5.41) is 2.45. The van der Waals surface area contributed by atoms with Crippen LogP contribution in [0.25, 0.3) is 0 Å². The smallest absolute Gasteiger partial charge is 0.109 e. The molecule has 84 valence electrons. The van der Waals surface area contributed by atoms with Crippen LogP contribution in [0.4, 0.5) is 0 Å². The van der Waals surface area contributed by atoms with Gasteiger partial charge in [-0.25, -0.2) is 0 Å². The Kier molecular flexibility index (Phi) is 6.10. The van der Waals surface area contributed by atoms with Gasteiger partial charge < -0.3 is 5.32 Å². The number of hydrogen-bond donors (Lipinski definition) is 1. The lowest BCUT2D eigenvalue weighted by atomic mass is 10.1. The zero-order valence-corrected chi connectivity index (χ0v) is 10.1. The number of hydrogen-bond acceptors (Lipinski definition) is 0. The summed E-state index contributed by atoms with van der Waals surface area (Å²) >= 11 is 0. The zero-order valence-electron chi connectivity index (χ0n) is 10.1. The van der Waals surface area contributed by atoms with Gasteiger partial charge in [-0.2, -0.15) is 0 Å². The van der Waals surface area contributed by atoms with Gasteiger partial charge in [0.2, 0.25) is 0 Å². The standard InChI is InChI=1S/C14H23N/c1-3-4-5-9-12-15-13(2)14-10-7-6-8-11-14/h6-8,10-11,13,15H,3-5,9,12H2,1-2H3/p+1/t13-/m1/s1. The van der Waals surface area contributed by atoms with Crippen LogP contribution >= 0.6 is 0 Å². The van der Waals surface area contributed by atoms with E-state index in [9.17, 15) is 0 Å².